The number of nitrogens with one attached hydrogen (secondary N) is 1. The summed E-state index contributed by atoms with van der Waals surface area (Å²) in [5, 5.41) is 17.5. The first-order chi connectivity index (χ1) is 22.6. The Morgan fingerprint density at radius 3 is 2.22 bits per heavy atom. The van der Waals surface area contributed by atoms with Crippen molar-refractivity contribution in [3.63, 3.8) is 0 Å². The number of anilines is 2. The maximum Gasteiger partial charge on any atom is 0.477 e. The van der Waals surface area contributed by atoms with Crippen LogP contribution in [0.5, 0.6) is 5.75 Å². The SMILES string of the molecule is COC(=O)c1cn(COP(=O)(OC(C)(C)C)OC(C)(C)C)/c(=N/C(=O)C2CC2)cc1Nc1nn(C)c2ccc([C@H](O)C(F)(F)F)c(OC)c12. The summed E-state index contributed by atoms with van der Waals surface area (Å²) in [6.07, 6.45) is -5.32. The topological polar surface area (TPSA) is 165 Å². The van der Waals surface area contributed by atoms with E-state index in [-0.39, 0.29) is 39.6 Å². The molecule has 0 saturated heterocycles. The molecule has 0 bridgehead atoms. The van der Waals surface area contributed by atoms with E-state index in [1.807, 2.05) is 0 Å². The molecule has 0 aliphatic heterocycles. The smallest absolute Gasteiger partial charge is 0.477 e. The largest absolute Gasteiger partial charge is 0.496 e. The van der Waals surface area contributed by atoms with E-state index < -0.39 is 55.5 Å². The number of methoxy groups -OCH3 is 2. The van der Waals surface area contributed by atoms with E-state index in [0.29, 0.717) is 18.4 Å². The molecule has 14 nitrogen and oxygen atoms in total. The van der Waals surface area contributed by atoms with Crippen molar-refractivity contribution in [1.82, 2.24) is 14.3 Å². The summed E-state index contributed by atoms with van der Waals surface area (Å²) < 4.78 is 84.5. The van der Waals surface area contributed by atoms with Gasteiger partial charge in [0.15, 0.2) is 11.9 Å². The molecule has 0 radical (unpaired) electrons. The zero-order chi connectivity index (χ0) is 36.7. The highest BCUT2D eigenvalue weighted by Gasteiger charge is 2.42. The highest BCUT2D eigenvalue weighted by Crippen LogP contribution is 2.55. The summed E-state index contributed by atoms with van der Waals surface area (Å²) in [5.41, 5.74) is -2.31. The first kappa shape index (κ1) is 38.0. The van der Waals surface area contributed by atoms with Gasteiger partial charge < -0.3 is 24.5 Å². The number of carbonyl (C=O) groups is 2. The second kappa shape index (κ2) is 13.9. The molecule has 1 fully saturated rings. The van der Waals surface area contributed by atoms with Crippen molar-refractivity contribution < 1.29 is 55.5 Å². The van der Waals surface area contributed by atoms with Gasteiger partial charge in [0.2, 0.25) is 0 Å². The van der Waals surface area contributed by atoms with Crippen molar-refractivity contribution in [2.45, 2.75) is 84.6 Å². The van der Waals surface area contributed by atoms with Gasteiger partial charge >= 0.3 is 20.0 Å². The first-order valence-corrected chi connectivity index (χ1v) is 16.6. The number of fused-ring (bicyclic) bond motifs is 1. The second-order valence-corrected chi connectivity index (χ2v) is 14.9. The standard InChI is InChI=1S/C31H41F3N5O9P/c1-29(2,3)47-49(43,48-30(4,5)6)46-16-39-15-19(28(42)45-9)20(14-22(39)36-27(41)17-10-11-17)35-26-23-21(38(7)37-26)13-12-18(24(23)44-8)25(40)31(32,33)34/h12-15,17,25,40H,10-11,16H2,1-9H3,(H,35,37)/b36-22+/t25-/m0/s1. The van der Waals surface area contributed by atoms with Gasteiger partial charge in [-0.3, -0.25) is 23.0 Å². The number of aliphatic hydroxyl groups excluding tert-OH is 1. The number of rotatable bonds is 11. The van der Waals surface area contributed by atoms with Crippen LogP contribution in [0.25, 0.3) is 10.9 Å². The fourth-order valence-corrected chi connectivity index (χ4v) is 6.48. The number of phosphoric acid groups is 1. The highest BCUT2D eigenvalue weighted by atomic mass is 31.2. The number of alkyl halides is 3. The number of nitrogens with zero attached hydrogens (tertiary/aromatic N) is 4. The Morgan fingerprint density at radius 1 is 1.10 bits per heavy atom. The Hall–Kier alpha value is -3.76. The van der Waals surface area contributed by atoms with Crippen LogP contribution in [0, 0.1) is 5.92 Å². The summed E-state index contributed by atoms with van der Waals surface area (Å²) in [5.74, 6) is -1.96. The average Bonchev–Trinajstić information content (AvgIpc) is 3.77. The molecule has 1 saturated carbocycles. The van der Waals surface area contributed by atoms with E-state index >= 15 is 0 Å². The van der Waals surface area contributed by atoms with Crippen molar-refractivity contribution >= 4 is 42.1 Å². The van der Waals surface area contributed by atoms with Crippen molar-refractivity contribution in [3.05, 3.63) is 41.0 Å². The molecule has 0 unspecified atom stereocenters. The Kier molecular flexibility index (Phi) is 10.8. The minimum Gasteiger partial charge on any atom is -0.496 e. The fourth-order valence-electron chi connectivity index (χ4n) is 4.73. The van der Waals surface area contributed by atoms with Gasteiger partial charge in [-0.2, -0.15) is 23.3 Å². The number of hydrogen-bond acceptors (Lipinski definition) is 11. The minimum atomic E-state index is -4.99. The third kappa shape index (κ3) is 9.28. The first-order valence-electron chi connectivity index (χ1n) is 15.2. The van der Waals surface area contributed by atoms with Crippen molar-refractivity contribution in [2.75, 3.05) is 19.5 Å². The molecule has 2 heterocycles. The number of aryl methyl sites for hydroxylation is 1. The molecule has 1 aliphatic carbocycles. The number of aromatic nitrogens is 3. The fraction of sp³-hybridized carbons (Fsp3) is 0.548. The minimum absolute atomic E-state index is 0.00524. The average molecular weight is 716 g/mol. The van der Waals surface area contributed by atoms with Gasteiger partial charge in [0.25, 0.3) is 5.91 Å². The Morgan fingerprint density at radius 2 is 1.71 bits per heavy atom. The quantitative estimate of drug-likeness (QED) is 0.175. The predicted molar refractivity (Wildman–Crippen MR) is 171 cm³/mol. The predicted octanol–water partition coefficient (Wildman–Crippen LogP) is 6.06. The molecule has 2 N–H and O–H groups in total. The molecule has 2 aromatic heterocycles. The van der Waals surface area contributed by atoms with Gasteiger partial charge in [0.05, 0.1) is 47.6 Å². The number of amides is 1. The lowest BCUT2D eigenvalue weighted by atomic mass is 10.0. The third-order valence-corrected chi connectivity index (χ3v) is 8.86. The lowest BCUT2D eigenvalue weighted by Crippen LogP contribution is -2.28. The normalized spacial score (nSPS) is 15.4. The number of hydrogen-bond donors (Lipinski definition) is 2. The highest BCUT2D eigenvalue weighted by molar-refractivity contribution is 7.48. The summed E-state index contributed by atoms with van der Waals surface area (Å²) in [6.45, 7) is 9.43. The number of aliphatic hydroxyl groups is 1. The van der Waals surface area contributed by atoms with Crippen molar-refractivity contribution in [1.29, 1.82) is 0 Å². The number of carbonyl (C=O) groups excluding carboxylic acids is 2. The van der Waals surface area contributed by atoms with E-state index in [1.165, 1.54) is 34.6 Å². The molecule has 49 heavy (non-hydrogen) atoms. The second-order valence-electron chi connectivity index (χ2n) is 13.4. The van der Waals surface area contributed by atoms with Crippen molar-refractivity contribution in [2.24, 2.45) is 18.0 Å². The van der Waals surface area contributed by atoms with Crippen LogP contribution in [0.4, 0.5) is 24.7 Å². The molecule has 1 amide bonds. The van der Waals surface area contributed by atoms with Gasteiger partial charge in [-0.1, -0.05) is 6.07 Å². The molecular weight excluding hydrogens is 674 g/mol. The summed E-state index contributed by atoms with van der Waals surface area (Å²) in [6, 6.07) is 3.74. The maximum atomic E-state index is 13.8. The van der Waals surface area contributed by atoms with E-state index in [0.717, 1.165) is 20.3 Å². The Balaban J connectivity index is 1.89. The molecule has 270 valence electrons. The van der Waals surface area contributed by atoms with E-state index in [9.17, 15) is 32.4 Å². The lowest BCUT2D eigenvalue weighted by molar-refractivity contribution is -0.207. The number of pyridine rings is 1. The number of halogens is 3. The van der Waals surface area contributed by atoms with E-state index in [2.05, 4.69) is 15.4 Å². The van der Waals surface area contributed by atoms with Gasteiger partial charge in [-0.05, 0) is 60.5 Å². The van der Waals surface area contributed by atoms with Crippen LogP contribution in [0.1, 0.15) is 76.4 Å². The molecule has 3 aromatic rings. The van der Waals surface area contributed by atoms with Gasteiger partial charge in [0, 0.05) is 30.8 Å². The zero-order valence-electron chi connectivity index (χ0n) is 28.7. The summed E-state index contributed by atoms with van der Waals surface area (Å²) in [7, 11) is -0.446. The summed E-state index contributed by atoms with van der Waals surface area (Å²) in [4.78, 5) is 30.3. The van der Waals surface area contributed by atoms with Crippen LogP contribution in [0.3, 0.4) is 0 Å². The zero-order valence-corrected chi connectivity index (χ0v) is 29.6. The molecule has 1 aliphatic rings. The summed E-state index contributed by atoms with van der Waals surface area (Å²) >= 11 is 0. The lowest BCUT2D eigenvalue weighted by Gasteiger charge is -2.31. The van der Waals surface area contributed by atoms with Crippen LogP contribution in [-0.2, 0) is 41.4 Å². The van der Waals surface area contributed by atoms with Gasteiger partial charge in [-0.15, -0.1) is 0 Å². The molecule has 4 rings (SSSR count). The van der Waals surface area contributed by atoms with Crippen LogP contribution < -0.4 is 15.5 Å². The third-order valence-electron chi connectivity index (χ3n) is 6.89. The monoisotopic (exact) mass is 715 g/mol. The van der Waals surface area contributed by atoms with Crippen LogP contribution in [0.15, 0.2) is 29.4 Å². The maximum absolute atomic E-state index is 13.8. The van der Waals surface area contributed by atoms with Crippen LogP contribution in [0.2, 0.25) is 0 Å². The van der Waals surface area contributed by atoms with Crippen LogP contribution >= 0.6 is 7.82 Å². The van der Waals surface area contributed by atoms with E-state index in [1.54, 1.807) is 41.5 Å². The molecule has 18 heteroatoms. The molecule has 1 aromatic carbocycles. The Labute approximate surface area is 280 Å². The van der Waals surface area contributed by atoms with Gasteiger partial charge in [0.1, 0.15) is 18.0 Å². The van der Waals surface area contributed by atoms with Crippen LogP contribution in [-0.4, -0.2) is 62.9 Å². The molecule has 0 spiro atoms. The number of benzene rings is 1. The van der Waals surface area contributed by atoms with Crippen molar-refractivity contribution in [3.8, 4) is 5.75 Å². The number of phosphoric ester groups is 1. The molecule has 1 atom stereocenters. The molecular formula is C31H41F3N5O9P. The number of ether oxygens (including phenoxy) is 2. The van der Waals surface area contributed by atoms with E-state index in [4.69, 9.17) is 23.0 Å². The van der Waals surface area contributed by atoms with Gasteiger partial charge in [-0.25, -0.2) is 9.36 Å². The number of esters is 1. The Bertz CT molecular complexity index is 1830.